The average Bonchev–Trinajstić information content (AvgIpc) is 2.57. The molecule has 1 heterocycles. The first-order valence-corrected chi connectivity index (χ1v) is 6.87. The SMILES string of the molecule is C=C(C)c1ccc(OC)cc1B1OC(C)(C)C(C)(C)O1. The third-order valence-corrected chi connectivity index (χ3v) is 4.23. The molecule has 1 aliphatic rings. The summed E-state index contributed by atoms with van der Waals surface area (Å²) in [5.74, 6) is 0.791. The summed E-state index contributed by atoms with van der Waals surface area (Å²) < 4.78 is 17.6. The Morgan fingerprint density at radius 2 is 1.70 bits per heavy atom. The molecule has 0 amide bonds. The van der Waals surface area contributed by atoms with Crippen molar-refractivity contribution in [3.63, 3.8) is 0 Å². The molecule has 0 aliphatic carbocycles. The Hall–Kier alpha value is -1.26. The average molecular weight is 274 g/mol. The molecule has 3 nitrogen and oxygen atoms in total. The van der Waals surface area contributed by atoms with Crippen LogP contribution in [-0.4, -0.2) is 25.4 Å². The minimum absolute atomic E-state index is 0.354. The van der Waals surface area contributed by atoms with Crippen molar-refractivity contribution in [2.45, 2.75) is 45.8 Å². The number of allylic oxidation sites excluding steroid dienone is 1. The van der Waals surface area contributed by atoms with Crippen molar-refractivity contribution in [1.29, 1.82) is 0 Å². The number of methoxy groups -OCH3 is 1. The van der Waals surface area contributed by atoms with Gasteiger partial charge in [-0.2, -0.15) is 0 Å². The predicted molar refractivity (Wildman–Crippen MR) is 83.4 cm³/mol. The maximum absolute atomic E-state index is 6.12. The van der Waals surface area contributed by atoms with Crippen LogP contribution in [0.1, 0.15) is 40.2 Å². The van der Waals surface area contributed by atoms with Gasteiger partial charge in [0.05, 0.1) is 18.3 Å². The van der Waals surface area contributed by atoms with Crippen molar-refractivity contribution in [1.82, 2.24) is 0 Å². The first-order chi connectivity index (χ1) is 9.18. The number of rotatable bonds is 3. The van der Waals surface area contributed by atoms with E-state index in [2.05, 4.69) is 6.58 Å². The molecule has 20 heavy (non-hydrogen) atoms. The third-order valence-electron chi connectivity index (χ3n) is 4.23. The van der Waals surface area contributed by atoms with Gasteiger partial charge >= 0.3 is 7.12 Å². The predicted octanol–water partition coefficient (Wildman–Crippen LogP) is 3.03. The number of hydrogen-bond donors (Lipinski definition) is 0. The van der Waals surface area contributed by atoms with E-state index >= 15 is 0 Å². The summed E-state index contributed by atoms with van der Waals surface area (Å²) in [6.07, 6.45) is 0. The zero-order valence-corrected chi connectivity index (χ0v) is 13.2. The highest BCUT2D eigenvalue weighted by atomic mass is 16.7. The summed E-state index contributed by atoms with van der Waals surface area (Å²) in [5.41, 5.74) is 2.29. The maximum atomic E-state index is 6.12. The van der Waals surface area contributed by atoms with E-state index in [1.54, 1.807) is 7.11 Å². The highest BCUT2D eigenvalue weighted by Gasteiger charge is 2.52. The molecule has 0 atom stereocenters. The van der Waals surface area contributed by atoms with Crippen LogP contribution >= 0.6 is 0 Å². The number of benzene rings is 1. The van der Waals surface area contributed by atoms with Crippen molar-refractivity contribution in [2.24, 2.45) is 0 Å². The van der Waals surface area contributed by atoms with E-state index in [0.29, 0.717) is 0 Å². The lowest BCUT2D eigenvalue weighted by Crippen LogP contribution is -2.41. The lowest BCUT2D eigenvalue weighted by molar-refractivity contribution is 0.00578. The summed E-state index contributed by atoms with van der Waals surface area (Å²) >= 11 is 0. The fourth-order valence-electron chi connectivity index (χ4n) is 2.22. The third kappa shape index (κ3) is 2.50. The molecule has 4 heteroatoms. The van der Waals surface area contributed by atoms with Crippen LogP contribution < -0.4 is 10.2 Å². The van der Waals surface area contributed by atoms with Gasteiger partial charge in [-0.15, -0.1) is 0 Å². The van der Waals surface area contributed by atoms with Crippen molar-refractivity contribution in [3.8, 4) is 5.75 Å². The molecule has 1 aromatic rings. The smallest absolute Gasteiger partial charge is 0.495 e. The van der Waals surface area contributed by atoms with E-state index in [0.717, 1.165) is 22.3 Å². The maximum Gasteiger partial charge on any atom is 0.495 e. The fourth-order valence-corrected chi connectivity index (χ4v) is 2.22. The lowest BCUT2D eigenvalue weighted by Gasteiger charge is -2.32. The van der Waals surface area contributed by atoms with E-state index < -0.39 is 7.12 Å². The van der Waals surface area contributed by atoms with E-state index in [4.69, 9.17) is 14.0 Å². The molecule has 0 bridgehead atoms. The van der Waals surface area contributed by atoms with Crippen LogP contribution in [-0.2, 0) is 9.31 Å². The Labute approximate surface area is 122 Å². The molecule has 2 rings (SSSR count). The van der Waals surface area contributed by atoms with Crippen molar-refractivity contribution >= 4 is 18.2 Å². The normalized spacial score (nSPS) is 20.0. The van der Waals surface area contributed by atoms with Gasteiger partial charge in [0.1, 0.15) is 5.75 Å². The second kappa shape index (κ2) is 4.94. The Balaban J connectivity index is 2.45. The van der Waals surface area contributed by atoms with Crippen LogP contribution in [0.2, 0.25) is 0 Å². The first-order valence-electron chi connectivity index (χ1n) is 6.87. The summed E-state index contributed by atoms with van der Waals surface area (Å²) in [5, 5.41) is 0. The standard InChI is InChI=1S/C16H23BO3/c1-11(2)13-9-8-12(18-7)10-14(13)17-19-15(3,4)16(5,6)20-17/h8-10H,1H2,2-7H3. The molecular formula is C16H23BO3. The van der Waals surface area contributed by atoms with Gasteiger partial charge in [0.15, 0.2) is 0 Å². The molecule has 0 unspecified atom stereocenters. The summed E-state index contributed by atoms with van der Waals surface area (Å²) in [6, 6.07) is 5.90. The summed E-state index contributed by atoms with van der Waals surface area (Å²) in [7, 11) is 1.26. The van der Waals surface area contributed by atoms with Crippen LogP contribution in [0.5, 0.6) is 5.75 Å². The molecule has 1 aliphatic heterocycles. The highest BCUT2D eigenvalue weighted by Crippen LogP contribution is 2.37. The van der Waals surface area contributed by atoms with Gasteiger partial charge in [-0.1, -0.05) is 18.2 Å². The van der Waals surface area contributed by atoms with E-state index in [9.17, 15) is 0 Å². The van der Waals surface area contributed by atoms with Crippen LogP contribution in [0.15, 0.2) is 24.8 Å². The minimum Gasteiger partial charge on any atom is -0.497 e. The van der Waals surface area contributed by atoms with E-state index in [1.165, 1.54) is 0 Å². The Bertz CT molecular complexity index is 519. The first kappa shape index (κ1) is 15.1. The monoisotopic (exact) mass is 274 g/mol. The summed E-state index contributed by atoms with van der Waals surface area (Å²) in [4.78, 5) is 0. The minimum atomic E-state index is -0.401. The molecular weight excluding hydrogens is 251 g/mol. The molecule has 1 aromatic carbocycles. The van der Waals surface area contributed by atoms with Crippen molar-refractivity contribution in [2.75, 3.05) is 7.11 Å². The van der Waals surface area contributed by atoms with Crippen LogP contribution in [0, 0.1) is 0 Å². The topological polar surface area (TPSA) is 27.7 Å². The Kier molecular flexibility index (Phi) is 3.74. The Morgan fingerprint density at radius 1 is 1.15 bits per heavy atom. The van der Waals surface area contributed by atoms with Crippen molar-refractivity contribution < 1.29 is 14.0 Å². The van der Waals surface area contributed by atoms with E-state index in [1.807, 2.05) is 52.8 Å². The van der Waals surface area contributed by atoms with Gasteiger partial charge in [0.25, 0.3) is 0 Å². The quantitative estimate of drug-likeness (QED) is 0.793. The Morgan fingerprint density at radius 3 is 2.15 bits per heavy atom. The van der Waals surface area contributed by atoms with Gasteiger partial charge < -0.3 is 14.0 Å². The molecule has 0 saturated carbocycles. The molecule has 1 saturated heterocycles. The molecule has 0 aromatic heterocycles. The largest absolute Gasteiger partial charge is 0.497 e. The fraction of sp³-hybridized carbons (Fsp3) is 0.500. The second-order valence-electron chi connectivity index (χ2n) is 6.32. The molecule has 108 valence electrons. The van der Waals surface area contributed by atoms with Gasteiger partial charge in [-0.05, 0) is 57.8 Å². The highest BCUT2D eigenvalue weighted by molar-refractivity contribution is 6.63. The van der Waals surface area contributed by atoms with Crippen LogP contribution in [0.4, 0.5) is 0 Å². The van der Waals surface area contributed by atoms with Gasteiger partial charge in [0, 0.05) is 0 Å². The zero-order valence-electron chi connectivity index (χ0n) is 13.2. The summed E-state index contributed by atoms with van der Waals surface area (Å²) in [6.45, 7) is 14.2. The van der Waals surface area contributed by atoms with Gasteiger partial charge in [-0.25, -0.2) is 0 Å². The molecule has 1 fully saturated rings. The second-order valence-corrected chi connectivity index (χ2v) is 6.32. The lowest BCUT2D eigenvalue weighted by atomic mass is 9.74. The number of hydrogen-bond acceptors (Lipinski definition) is 3. The van der Waals surface area contributed by atoms with Gasteiger partial charge in [-0.3, -0.25) is 0 Å². The molecule has 0 spiro atoms. The van der Waals surface area contributed by atoms with Crippen molar-refractivity contribution in [3.05, 3.63) is 30.3 Å². The zero-order chi connectivity index (χ0) is 15.1. The van der Waals surface area contributed by atoms with Crippen LogP contribution in [0.25, 0.3) is 5.57 Å². The molecule has 0 N–H and O–H groups in total. The van der Waals surface area contributed by atoms with Gasteiger partial charge in [0.2, 0.25) is 0 Å². The van der Waals surface area contributed by atoms with Crippen LogP contribution in [0.3, 0.4) is 0 Å². The number of ether oxygens (including phenoxy) is 1. The molecule has 0 radical (unpaired) electrons. The van der Waals surface area contributed by atoms with E-state index in [-0.39, 0.29) is 11.2 Å².